The van der Waals surface area contributed by atoms with Crippen LogP contribution in [0.5, 0.6) is 5.75 Å². The molecule has 0 radical (unpaired) electrons. The Morgan fingerprint density at radius 3 is 2.53 bits per heavy atom. The zero-order valence-electron chi connectivity index (χ0n) is 18.4. The Hall–Kier alpha value is -2.68. The van der Waals surface area contributed by atoms with Gasteiger partial charge in [0.2, 0.25) is 0 Å². The number of nitrogens with zero attached hydrogens (tertiary/aromatic N) is 2. The Bertz CT molecular complexity index is 1190. The lowest BCUT2D eigenvalue weighted by Crippen LogP contribution is -2.46. The molecule has 3 nitrogen and oxygen atoms in total. The standard InChI is InChI=1S/C27H30N2O/c1-6-10-22-21(7-2)28-24-17-11-8-9-12-18(17)26-23(25(24)29-22)19-15-16(3)13-14-20(19)27(4,5)30-26/h6-12,16,19-20H,2,13-15H2,1,3-5H3/b10-6-/t16?,19-,20?/m0/s1. The lowest BCUT2D eigenvalue weighted by molar-refractivity contribution is -0.0115. The Kier molecular flexibility index (Phi) is 4.46. The van der Waals surface area contributed by atoms with E-state index < -0.39 is 0 Å². The van der Waals surface area contributed by atoms with E-state index in [1.165, 1.54) is 24.8 Å². The first-order valence-electron chi connectivity index (χ1n) is 11.1. The van der Waals surface area contributed by atoms with Gasteiger partial charge in [-0.2, -0.15) is 0 Å². The quantitative estimate of drug-likeness (QED) is 0.430. The van der Waals surface area contributed by atoms with Gasteiger partial charge in [0.1, 0.15) is 11.4 Å². The van der Waals surface area contributed by atoms with Crippen LogP contribution in [0.3, 0.4) is 0 Å². The average Bonchev–Trinajstić information content (AvgIpc) is 2.73. The zero-order valence-corrected chi connectivity index (χ0v) is 18.4. The summed E-state index contributed by atoms with van der Waals surface area (Å²) in [6, 6.07) is 8.48. The third-order valence-corrected chi connectivity index (χ3v) is 7.14. The molecule has 5 rings (SSSR count). The first-order valence-corrected chi connectivity index (χ1v) is 11.1. The van der Waals surface area contributed by atoms with Crippen LogP contribution in [0, 0.1) is 11.8 Å². The van der Waals surface area contributed by atoms with E-state index in [9.17, 15) is 0 Å². The third-order valence-electron chi connectivity index (χ3n) is 7.14. The number of benzene rings is 2. The molecule has 154 valence electrons. The molecule has 1 fully saturated rings. The van der Waals surface area contributed by atoms with Crippen molar-refractivity contribution >= 4 is 34.0 Å². The van der Waals surface area contributed by atoms with Crippen molar-refractivity contribution in [3.8, 4) is 5.75 Å². The number of hydrogen-bond acceptors (Lipinski definition) is 3. The van der Waals surface area contributed by atoms with E-state index in [1.807, 2.05) is 19.1 Å². The third kappa shape index (κ3) is 2.79. The van der Waals surface area contributed by atoms with Crippen molar-refractivity contribution in [3.63, 3.8) is 0 Å². The number of fused-ring (bicyclic) bond motifs is 8. The molecule has 2 heterocycles. The van der Waals surface area contributed by atoms with Gasteiger partial charge in [0, 0.05) is 22.3 Å². The van der Waals surface area contributed by atoms with E-state index in [1.54, 1.807) is 6.08 Å². The van der Waals surface area contributed by atoms with Gasteiger partial charge in [-0.15, -0.1) is 0 Å². The molecule has 3 aromatic rings. The van der Waals surface area contributed by atoms with Crippen LogP contribution in [0.15, 0.2) is 36.9 Å². The summed E-state index contributed by atoms with van der Waals surface area (Å²) in [6.07, 6.45) is 9.50. The molecule has 2 unspecified atom stereocenters. The number of rotatable bonds is 2. The van der Waals surface area contributed by atoms with Gasteiger partial charge in [-0.05, 0) is 57.6 Å². The van der Waals surface area contributed by atoms with Gasteiger partial charge in [-0.1, -0.05) is 50.3 Å². The van der Waals surface area contributed by atoms with E-state index in [-0.39, 0.29) is 5.60 Å². The van der Waals surface area contributed by atoms with Gasteiger partial charge in [0.15, 0.2) is 0 Å². The summed E-state index contributed by atoms with van der Waals surface area (Å²) in [4.78, 5) is 10.2. The summed E-state index contributed by atoms with van der Waals surface area (Å²) in [5.74, 6) is 2.68. The molecule has 0 saturated heterocycles. The minimum atomic E-state index is -0.186. The van der Waals surface area contributed by atoms with Crippen LogP contribution in [-0.2, 0) is 0 Å². The van der Waals surface area contributed by atoms with Crippen molar-refractivity contribution < 1.29 is 4.74 Å². The van der Waals surface area contributed by atoms with E-state index in [2.05, 4.69) is 51.6 Å². The summed E-state index contributed by atoms with van der Waals surface area (Å²) < 4.78 is 6.80. The Balaban J connectivity index is 1.93. The monoisotopic (exact) mass is 398 g/mol. The fourth-order valence-electron chi connectivity index (χ4n) is 5.73. The fourth-order valence-corrected chi connectivity index (χ4v) is 5.73. The molecule has 0 amide bonds. The van der Waals surface area contributed by atoms with Gasteiger partial charge in [0.05, 0.1) is 22.4 Å². The number of ether oxygens (including phenoxy) is 1. The largest absolute Gasteiger partial charge is 0.487 e. The molecular formula is C27H30N2O. The summed E-state index contributed by atoms with van der Waals surface area (Å²) in [5.41, 5.74) is 4.76. The minimum Gasteiger partial charge on any atom is -0.487 e. The SMILES string of the molecule is C=Cc1nc2c(nc1/C=C\C)c1c(c3ccccc32)OC(C)(C)C2CCC(C)C[C@H]12. The Morgan fingerprint density at radius 1 is 1.07 bits per heavy atom. The van der Waals surface area contributed by atoms with Crippen LogP contribution in [0.1, 0.15) is 69.8 Å². The highest BCUT2D eigenvalue weighted by atomic mass is 16.5. The van der Waals surface area contributed by atoms with Crippen molar-refractivity contribution in [2.75, 3.05) is 0 Å². The summed E-state index contributed by atoms with van der Waals surface area (Å²) in [7, 11) is 0. The van der Waals surface area contributed by atoms with Crippen LogP contribution >= 0.6 is 0 Å². The number of hydrogen-bond donors (Lipinski definition) is 0. The van der Waals surface area contributed by atoms with Crippen molar-refractivity contribution in [1.82, 2.24) is 9.97 Å². The van der Waals surface area contributed by atoms with E-state index in [0.29, 0.717) is 17.8 Å². The lowest BCUT2D eigenvalue weighted by atomic mass is 9.64. The average molecular weight is 399 g/mol. The van der Waals surface area contributed by atoms with Crippen LogP contribution < -0.4 is 4.74 Å². The minimum absolute atomic E-state index is 0.186. The molecule has 0 spiro atoms. The second-order valence-electron chi connectivity index (χ2n) is 9.52. The molecule has 2 aliphatic rings. The maximum Gasteiger partial charge on any atom is 0.133 e. The topological polar surface area (TPSA) is 35.0 Å². The maximum atomic E-state index is 6.80. The smallest absolute Gasteiger partial charge is 0.133 e. The van der Waals surface area contributed by atoms with Crippen molar-refractivity contribution in [1.29, 1.82) is 0 Å². The van der Waals surface area contributed by atoms with Crippen LogP contribution in [0.4, 0.5) is 0 Å². The van der Waals surface area contributed by atoms with Crippen molar-refractivity contribution in [3.05, 3.63) is 53.9 Å². The normalized spacial score (nSPS) is 25.1. The highest BCUT2D eigenvalue weighted by Gasteiger charge is 2.47. The number of allylic oxidation sites excluding steroid dienone is 1. The molecule has 1 aromatic heterocycles. The van der Waals surface area contributed by atoms with Gasteiger partial charge in [0.25, 0.3) is 0 Å². The van der Waals surface area contributed by atoms with Gasteiger partial charge >= 0.3 is 0 Å². The molecule has 3 atom stereocenters. The lowest BCUT2D eigenvalue weighted by Gasteiger charge is -2.49. The summed E-state index contributed by atoms with van der Waals surface area (Å²) >= 11 is 0. The van der Waals surface area contributed by atoms with Gasteiger partial charge in [-0.3, -0.25) is 0 Å². The first-order chi connectivity index (χ1) is 14.4. The summed E-state index contributed by atoms with van der Waals surface area (Å²) in [6.45, 7) is 12.9. The molecule has 30 heavy (non-hydrogen) atoms. The number of aromatic nitrogens is 2. The van der Waals surface area contributed by atoms with E-state index >= 15 is 0 Å². The van der Waals surface area contributed by atoms with Gasteiger partial charge in [-0.25, -0.2) is 9.97 Å². The maximum absolute atomic E-state index is 6.80. The molecule has 0 N–H and O–H groups in total. The predicted molar refractivity (Wildman–Crippen MR) is 126 cm³/mol. The Morgan fingerprint density at radius 2 is 1.80 bits per heavy atom. The highest BCUT2D eigenvalue weighted by Crippen LogP contribution is 2.56. The predicted octanol–water partition coefficient (Wildman–Crippen LogP) is 7.15. The van der Waals surface area contributed by atoms with Crippen LogP contribution in [0.2, 0.25) is 0 Å². The fraction of sp³-hybridized carbons (Fsp3) is 0.407. The Labute approximate surface area is 178 Å². The molecular weight excluding hydrogens is 368 g/mol. The van der Waals surface area contributed by atoms with E-state index in [0.717, 1.165) is 38.9 Å². The second kappa shape index (κ2) is 6.94. The zero-order chi connectivity index (χ0) is 21.0. The van der Waals surface area contributed by atoms with Crippen LogP contribution in [-0.4, -0.2) is 15.6 Å². The van der Waals surface area contributed by atoms with Crippen molar-refractivity contribution in [2.24, 2.45) is 11.8 Å². The molecule has 1 aliphatic heterocycles. The molecule has 3 heteroatoms. The molecule has 1 saturated carbocycles. The van der Waals surface area contributed by atoms with Crippen molar-refractivity contribution in [2.45, 2.75) is 58.5 Å². The van der Waals surface area contributed by atoms with Gasteiger partial charge < -0.3 is 4.74 Å². The molecule has 1 aliphatic carbocycles. The molecule has 2 aromatic carbocycles. The first kappa shape index (κ1) is 19.3. The highest BCUT2D eigenvalue weighted by molar-refractivity contribution is 6.09. The summed E-state index contributed by atoms with van der Waals surface area (Å²) in [5, 5.41) is 2.25. The van der Waals surface area contributed by atoms with Crippen LogP contribution in [0.25, 0.3) is 34.0 Å². The van der Waals surface area contributed by atoms with E-state index in [4.69, 9.17) is 14.7 Å². The molecule has 0 bridgehead atoms. The second-order valence-corrected chi connectivity index (χ2v) is 9.52.